The average molecular weight is 299 g/mol. The fourth-order valence-corrected chi connectivity index (χ4v) is 3.85. The van der Waals surface area contributed by atoms with Crippen molar-refractivity contribution in [2.45, 2.75) is 37.6 Å². The zero-order valence-corrected chi connectivity index (χ0v) is 12.3. The molecule has 0 saturated carbocycles. The van der Waals surface area contributed by atoms with Gasteiger partial charge in [-0.25, -0.2) is 0 Å². The van der Waals surface area contributed by atoms with E-state index in [1.807, 2.05) is 18.2 Å². The number of carbonyl (C=O) groups is 1. The maximum absolute atomic E-state index is 12.1. The van der Waals surface area contributed by atoms with Crippen molar-refractivity contribution in [1.82, 2.24) is 0 Å². The number of hydrogen-bond donors (Lipinski definition) is 1. The number of fused-ring (bicyclic) bond motifs is 1. The zero-order chi connectivity index (χ0) is 13.4. The van der Waals surface area contributed by atoms with E-state index in [9.17, 15) is 4.79 Å². The largest absolute Gasteiger partial charge is 0.326 e. The molecule has 2 unspecified atom stereocenters. The highest BCUT2D eigenvalue weighted by molar-refractivity contribution is 6.42. The standard InChI is InChI=1S/C15H17Cl2NO/c16-14-4-3-10(8-15(14)17)11-6-12-2-1-5-18(12)9-13(19)7-11/h3-4,8,11-12H,1-2,5-7,9H2/p+1/t11-,12?/m0/s1. The first-order valence-electron chi connectivity index (χ1n) is 6.94. The molecule has 2 fully saturated rings. The molecule has 2 aliphatic rings. The Balaban J connectivity index is 1.86. The minimum absolute atomic E-state index is 0.308. The van der Waals surface area contributed by atoms with Crippen LogP contribution in [-0.4, -0.2) is 24.9 Å². The maximum Gasteiger partial charge on any atom is 0.187 e. The van der Waals surface area contributed by atoms with E-state index in [1.165, 1.54) is 17.7 Å². The summed E-state index contributed by atoms with van der Waals surface area (Å²) in [6.07, 6.45) is 4.25. The van der Waals surface area contributed by atoms with E-state index in [2.05, 4.69) is 0 Å². The van der Waals surface area contributed by atoms with Crippen LogP contribution in [0, 0.1) is 0 Å². The summed E-state index contributed by atoms with van der Waals surface area (Å²) in [5, 5.41) is 1.17. The third-order valence-corrected chi connectivity index (χ3v) is 5.25. The topological polar surface area (TPSA) is 21.5 Å². The van der Waals surface area contributed by atoms with Crippen LogP contribution in [0.4, 0.5) is 0 Å². The van der Waals surface area contributed by atoms with Gasteiger partial charge in [-0.3, -0.25) is 4.79 Å². The van der Waals surface area contributed by atoms with E-state index in [-0.39, 0.29) is 0 Å². The highest BCUT2D eigenvalue weighted by atomic mass is 35.5. The molecule has 3 atom stereocenters. The molecule has 19 heavy (non-hydrogen) atoms. The Morgan fingerprint density at radius 3 is 2.84 bits per heavy atom. The van der Waals surface area contributed by atoms with Crippen LogP contribution in [0.3, 0.4) is 0 Å². The summed E-state index contributed by atoms with van der Waals surface area (Å²) >= 11 is 12.1. The monoisotopic (exact) mass is 298 g/mol. The van der Waals surface area contributed by atoms with Crippen molar-refractivity contribution in [3.8, 4) is 0 Å². The van der Waals surface area contributed by atoms with Gasteiger partial charge < -0.3 is 4.90 Å². The third-order valence-electron chi connectivity index (χ3n) is 4.51. The van der Waals surface area contributed by atoms with E-state index in [0.29, 0.717) is 40.8 Å². The number of benzene rings is 1. The highest BCUT2D eigenvalue weighted by Crippen LogP contribution is 2.32. The summed E-state index contributed by atoms with van der Waals surface area (Å²) in [5.41, 5.74) is 1.16. The molecule has 0 bridgehead atoms. The van der Waals surface area contributed by atoms with Crippen molar-refractivity contribution in [2.75, 3.05) is 13.1 Å². The van der Waals surface area contributed by atoms with Crippen LogP contribution in [0.15, 0.2) is 18.2 Å². The Labute approximate surface area is 123 Å². The van der Waals surface area contributed by atoms with Crippen LogP contribution in [0.5, 0.6) is 0 Å². The quantitative estimate of drug-likeness (QED) is 0.845. The van der Waals surface area contributed by atoms with Crippen molar-refractivity contribution < 1.29 is 9.69 Å². The molecule has 0 aliphatic carbocycles. The Morgan fingerprint density at radius 2 is 2.05 bits per heavy atom. The lowest BCUT2D eigenvalue weighted by Crippen LogP contribution is -3.14. The second kappa shape index (κ2) is 5.43. The van der Waals surface area contributed by atoms with Crippen LogP contribution < -0.4 is 4.90 Å². The lowest BCUT2D eigenvalue weighted by Gasteiger charge is -2.20. The lowest BCUT2D eigenvalue weighted by atomic mass is 9.88. The minimum atomic E-state index is 0.308. The summed E-state index contributed by atoms with van der Waals surface area (Å²) in [6.45, 7) is 1.87. The Hall–Kier alpha value is -0.570. The van der Waals surface area contributed by atoms with E-state index < -0.39 is 0 Å². The van der Waals surface area contributed by atoms with Gasteiger partial charge in [0.05, 0.1) is 22.6 Å². The van der Waals surface area contributed by atoms with Crippen LogP contribution in [0.25, 0.3) is 0 Å². The summed E-state index contributed by atoms with van der Waals surface area (Å²) in [6, 6.07) is 6.44. The third kappa shape index (κ3) is 2.81. The van der Waals surface area contributed by atoms with Crippen molar-refractivity contribution in [2.24, 2.45) is 0 Å². The van der Waals surface area contributed by atoms with Gasteiger partial charge in [-0.1, -0.05) is 29.3 Å². The van der Waals surface area contributed by atoms with Crippen molar-refractivity contribution in [3.05, 3.63) is 33.8 Å². The number of quaternary nitrogens is 1. The first kappa shape index (κ1) is 13.4. The summed E-state index contributed by atoms with van der Waals surface area (Å²) in [4.78, 5) is 13.6. The molecule has 4 heteroatoms. The van der Waals surface area contributed by atoms with Gasteiger partial charge >= 0.3 is 0 Å². The minimum Gasteiger partial charge on any atom is -0.326 e. The summed E-state index contributed by atoms with van der Waals surface area (Å²) in [5.74, 6) is 0.693. The van der Waals surface area contributed by atoms with Gasteiger partial charge in [0.25, 0.3) is 0 Å². The predicted octanol–water partition coefficient (Wildman–Crippen LogP) is 2.49. The first-order valence-corrected chi connectivity index (χ1v) is 7.70. The van der Waals surface area contributed by atoms with E-state index in [4.69, 9.17) is 23.2 Å². The fraction of sp³-hybridized carbons (Fsp3) is 0.533. The number of Topliss-reactive ketones (excluding diaryl/α,β-unsaturated/α-hetero) is 1. The van der Waals surface area contributed by atoms with Crippen LogP contribution in [-0.2, 0) is 4.79 Å². The molecule has 0 radical (unpaired) electrons. The maximum atomic E-state index is 12.1. The molecule has 1 N–H and O–H groups in total. The summed E-state index contributed by atoms with van der Waals surface area (Å²) < 4.78 is 0. The van der Waals surface area contributed by atoms with Crippen LogP contribution in [0.1, 0.15) is 37.2 Å². The first-order chi connectivity index (χ1) is 9.13. The van der Waals surface area contributed by atoms with E-state index >= 15 is 0 Å². The molecule has 3 rings (SSSR count). The molecule has 1 aromatic carbocycles. The Kier molecular flexibility index (Phi) is 3.84. The normalized spacial score (nSPS) is 31.1. The van der Waals surface area contributed by atoms with E-state index in [1.54, 1.807) is 0 Å². The molecular formula is C15H18Cl2NO+. The predicted molar refractivity (Wildman–Crippen MR) is 77.2 cm³/mol. The number of halogens is 2. The van der Waals surface area contributed by atoms with Gasteiger partial charge in [0.1, 0.15) is 6.54 Å². The second-order valence-electron chi connectivity index (χ2n) is 5.77. The molecular weight excluding hydrogens is 281 g/mol. The van der Waals surface area contributed by atoms with Crippen molar-refractivity contribution in [1.29, 1.82) is 0 Å². The molecule has 1 aromatic rings. The lowest BCUT2D eigenvalue weighted by molar-refractivity contribution is -0.903. The van der Waals surface area contributed by atoms with Crippen molar-refractivity contribution in [3.63, 3.8) is 0 Å². The molecule has 2 heterocycles. The molecule has 2 aliphatic heterocycles. The number of ketones is 1. The van der Waals surface area contributed by atoms with Crippen LogP contribution in [0.2, 0.25) is 10.0 Å². The molecule has 0 amide bonds. The molecule has 0 aromatic heterocycles. The highest BCUT2D eigenvalue weighted by Gasteiger charge is 2.36. The van der Waals surface area contributed by atoms with Gasteiger partial charge in [-0.2, -0.15) is 0 Å². The number of rotatable bonds is 1. The average Bonchev–Trinajstić information content (AvgIpc) is 2.73. The molecule has 102 valence electrons. The second-order valence-corrected chi connectivity index (χ2v) is 6.59. The number of nitrogens with one attached hydrogen (secondary N) is 1. The van der Waals surface area contributed by atoms with Gasteiger partial charge in [0, 0.05) is 25.7 Å². The van der Waals surface area contributed by atoms with Crippen molar-refractivity contribution >= 4 is 29.0 Å². The zero-order valence-electron chi connectivity index (χ0n) is 10.8. The Morgan fingerprint density at radius 1 is 1.21 bits per heavy atom. The smallest absolute Gasteiger partial charge is 0.187 e. The Bertz CT molecular complexity index is 503. The van der Waals surface area contributed by atoms with Gasteiger partial charge in [-0.15, -0.1) is 0 Å². The van der Waals surface area contributed by atoms with Gasteiger partial charge in [0.2, 0.25) is 0 Å². The fourth-order valence-electron chi connectivity index (χ4n) is 3.55. The van der Waals surface area contributed by atoms with Gasteiger partial charge in [-0.05, 0) is 23.6 Å². The SMILES string of the molecule is O=C1C[C@@H](c2ccc(Cl)c(Cl)c2)CC2CCC[NH+]2C1. The van der Waals surface area contributed by atoms with Crippen LogP contribution >= 0.6 is 23.2 Å². The summed E-state index contributed by atoms with van der Waals surface area (Å²) in [7, 11) is 0. The van der Waals surface area contributed by atoms with E-state index in [0.717, 1.165) is 18.5 Å². The van der Waals surface area contributed by atoms with Gasteiger partial charge in [0.15, 0.2) is 5.78 Å². The molecule has 2 nitrogen and oxygen atoms in total. The number of hydrogen-bond acceptors (Lipinski definition) is 1. The molecule has 2 saturated heterocycles. The number of carbonyl (C=O) groups excluding carboxylic acids is 1. The molecule has 0 spiro atoms.